The first kappa shape index (κ1) is 17.1. The molecule has 0 aromatic heterocycles. The molecule has 0 aliphatic rings. The molecule has 0 bridgehead atoms. The summed E-state index contributed by atoms with van der Waals surface area (Å²) < 4.78 is 16.0. The summed E-state index contributed by atoms with van der Waals surface area (Å²) in [6.07, 6.45) is 0. The predicted octanol–water partition coefficient (Wildman–Crippen LogP) is 1.32. The van der Waals surface area contributed by atoms with Gasteiger partial charge in [0.25, 0.3) is 0 Å². The van der Waals surface area contributed by atoms with Gasteiger partial charge in [-0.1, -0.05) is 0 Å². The van der Waals surface area contributed by atoms with E-state index in [1.54, 1.807) is 39.3 Å². The van der Waals surface area contributed by atoms with Crippen molar-refractivity contribution in [3.63, 3.8) is 0 Å². The van der Waals surface area contributed by atoms with Crippen molar-refractivity contribution in [1.29, 1.82) is 0 Å². The second-order valence-electron chi connectivity index (χ2n) is 5.33. The molecular weight excluding hydrogens is 272 g/mol. The number of primary amides is 1. The van der Waals surface area contributed by atoms with Crippen LogP contribution in [0.15, 0.2) is 18.2 Å². The average Bonchev–Trinajstić information content (AvgIpc) is 2.43. The summed E-state index contributed by atoms with van der Waals surface area (Å²) in [5.41, 5.74) is 4.51. The van der Waals surface area contributed by atoms with Gasteiger partial charge in [0.05, 0.1) is 14.2 Å². The van der Waals surface area contributed by atoms with Crippen molar-refractivity contribution in [2.45, 2.75) is 32.4 Å². The van der Waals surface area contributed by atoms with Gasteiger partial charge < -0.3 is 19.9 Å². The molecular formula is C15H24N2O4. The van der Waals surface area contributed by atoms with Crippen LogP contribution in [0.5, 0.6) is 17.2 Å². The number of hydrogen-bond acceptors (Lipinski definition) is 5. The first-order valence-electron chi connectivity index (χ1n) is 6.74. The van der Waals surface area contributed by atoms with Crippen LogP contribution in [0.4, 0.5) is 0 Å². The minimum absolute atomic E-state index is 0.103. The van der Waals surface area contributed by atoms with E-state index in [1.807, 2.05) is 13.8 Å². The molecule has 0 spiro atoms. The Morgan fingerprint density at radius 3 is 2.05 bits per heavy atom. The van der Waals surface area contributed by atoms with E-state index < -0.39 is 11.4 Å². The molecule has 21 heavy (non-hydrogen) atoms. The van der Waals surface area contributed by atoms with Gasteiger partial charge >= 0.3 is 0 Å². The minimum Gasteiger partial charge on any atom is -0.496 e. The van der Waals surface area contributed by atoms with Crippen molar-refractivity contribution >= 4 is 5.91 Å². The van der Waals surface area contributed by atoms with Gasteiger partial charge in [-0.25, -0.2) is 0 Å². The van der Waals surface area contributed by atoms with Crippen LogP contribution in [0.3, 0.4) is 0 Å². The van der Waals surface area contributed by atoms with Crippen LogP contribution in [0.2, 0.25) is 0 Å². The molecule has 1 rings (SSSR count). The van der Waals surface area contributed by atoms with Gasteiger partial charge in [-0.15, -0.1) is 0 Å². The lowest BCUT2D eigenvalue weighted by atomic mass is 10.0. The smallest absolute Gasteiger partial charge is 0.240 e. The molecule has 6 nitrogen and oxygen atoms in total. The maximum absolute atomic E-state index is 11.7. The zero-order valence-corrected chi connectivity index (χ0v) is 13.2. The van der Waals surface area contributed by atoms with Crippen molar-refractivity contribution < 1.29 is 19.0 Å². The van der Waals surface area contributed by atoms with E-state index in [4.69, 9.17) is 19.9 Å². The summed E-state index contributed by atoms with van der Waals surface area (Å²) >= 11 is 0. The minimum atomic E-state index is -0.954. The summed E-state index contributed by atoms with van der Waals surface area (Å²) in [5, 5.41) is 3.12. The first-order chi connectivity index (χ1) is 9.80. The van der Waals surface area contributed by atoms with E-state index in [9.17, 15) is 4.79 Å². The monoisotopic (exact) mass is 296 g/mol. The lowest BCUT2D eigenvalue weighted by Gasteiger charge is -2.29. The number of amides is 1. The first-order valence-corrected chi connectivity index (χ1v) is 6.74. The Morgan fingerprint density at radius 1 is 1.19 bits per heavy atom. The average molecular weight is 296 g/mol. The molecule has 1 amide bonds. The predicted molar refractivity (Wildman–Crippen MR) is 80.9 cm³/mol. The molecule has 0 heterocycles. The van der Waals surface area contributed by atoms with Gasteiger partial charge in [0, 0.05) is 24.2 Å². The highest BCUT2D eigenvalue weighted by Gasteiger charge is 2.32. The van der Waals surface area contributed by atoms with Crippen molar-refractivity contribution in [2.24, 2.45) is 5.73 Å². The van der Waals surface area contributed by atoms with E-state index >= 15 is 0 Å². The van der Waals surface area contributed by atoms with Crippen molar-refractivity contribution in [3.8, 4) is 17.2 Å². The topological polar surface area (TPSA) is 82.8 Å². The molecule has 1 aromatic rings. The fraction of sp³-hybridized carbons (Fsp3) is 0.533. The highest BCUT2D eigenvalue weighted by molar-refractivity contribution is 5.84. The van der Waals surface area contributed by atoms with Gasteiger partial charge in [0.1, 0.15) is 29.4 Å². The molecule has 0 aliphatic carbocycles. The van der Waals surface area contributed by atoms with Crippen LogP contribution >= 0.6 is 0 Å². The van der Waals surface area contributed by atoms with Crippen LogP contribution in [0.25, 0.3) is 0 Å². The highest BCUT2D eigenvalue weighted by Crippen LogP contribution is 2.27. The molecule has 3 N–H and O–H groups in total. The van der Waals surface area contributed by atoms with E-state index in [0.717, 1.165) is 0 Å². The lowest BCUT2D eigenvalue weighted by molar-refractivity contribution is -0.125. The molecule has 0 saturated carbocycles. The maximum Gasteiger partial charge on any atom is 0.240 e. The summed E-state index contributed by atoms with van der Waals surface area (Å²) in [6, 6.07) is 5.29. The summed E-state index contributed by atoms with van der Waals surface area (Å²) in [5.74, 6) is 1.30. The zero-order chi connectivity index (χ0) is 16.0. The number of nitrogens with one attached hydrogen (secondary N) is 1. The zero-order valence-electron chi connectivity index (χ0n) is 13.2. The molecule has 0 saturated heterocycles. The van der Waals surface area contributed by atoms with Crippen LogP contribution in [0.1, 0.15) is 20.8 Å². The SMILES string of the molecule is COc1cc(OC)cc(OCC(C)(NC(C)C)C(N)=O)c1. The molecule has 0 aliphatic heterocycles. The van der Waals surface area contributed by atoms with E-state index in [1.165, 1.54) is 0 Å². The van der Waals surface area contributed by atoms with Gasteiger partial charge in [-0.3, -0.25) is 10.1 Å². The summed E-state index contributed by atoms with van der Waals surface area (Å²) in [7, 11) is 3.12. The van der Waals surface area contributed by atoms with E-state index in [-0.39, 0.29) is 12.6 Å². The second kappa shape index (κ2) is 7.17. The van der Waals surface area contributed by atoms with Gasteiger partial charge in [-0.2, -0.15) is 0 Å². The largest absolute Gasteiger partial charge is 0.496 e. The fourth-order valence-electron chi connectivity index (χ4n) is 1.91. The van der Waals surface area contributed by atoms with Crippen LogP contribution in [0, 0.1) is 0 Å². The third-order valence-corrected chi connectivity index (χ3v) is 3.00. The fourth-order valence-corrected chi connectivity index (χ4v) is 1.91. The molecule has 118 valence electrons. The standard InChI is InChI=1S/C15H24N2O4/c1-10(2)17-15(3,14(16)18)9-21-13-7-11(19-4)6-12(8-13)20-5/h6-8,10,17H,9H2,1-5H3,(H2,16,18). The Morgan fingerprint density at radius 2 is 1.67 bits per heavy atom. The Bertz CT molecular complexity index is 468. The molecule has 6 heteroatoms. The number of methoxy groups -OCH3 is 2. The number of ether oxygens (including phenoxy) is 3. The van der Waals surface area contributed by atoms with Crippen molar-refractivity contribution in [1.82, 2.24) is 5.32 Å². The molecule has 0 fully saturated rings. The summed E-state index contributed by atoms with van der Waals surface area (Å²) in [4.78, 5) is 11.7. The number of nitrogens with two attached hydrogens (primary N) is 1. The number of carbonyl (C=O) groups is 1. The second-order valence-corrected chi connectivity index (χ2v) is 5.33. The van der Waals surface area contributed by atoms with Crippen LogP contribution in [-0.4, -0.2) is 38.3 Å². The molecule has 1 unspecified atom stereocenters. The highest BCUT2D eigenvalue weighted by atomic mass is 16.5. The molecule has 0 radical (unpaired) electrons. The Hall–Kier alpha value is -1.95. The third kappa shape index (κ3) is 4.82. The van der Waals surface area contributed by atoms with Gasteiger partial charge in [0.2, 0.25) is 5.91 Å². The molecule has 1 aromatic carbocycles. The Balaban J connectivity index is 2.87. The quantitative estimate of drug-likeness (QED) is 0.756. The third-order valence-electron chi connectivity index (χ3n) is 3.00. The maximum atomic E-state index is 11.7. The summed E-state index contributed by atoms with van der Waals surface area (Å²) in [6.45, 7) is 5.70. The van der Waals surface area contributed by atoms with Gasteiger partial charge in [0.15, 0.2) is 0 Å². The number of carbonyl (C=O) groups excluding carboxylic acids is 1. The van der Waals surface area contributed by atoms with Gasteiger partial charge in [-0.05, 0) is 20.8 Å². The van der Waals surface area contributed by atoms with Crippen LogP contribution < -0.4 is 25.3 Å². The van der Waals surface area contributed by atoms with Crippen LogP contribution in [-0.2, 0) is 4.79 Å². The number of benzene rings is 1. The lowest BCUT2D eigenvalue weighted by Crippen LogP contribution is -2.59. The number of hydrogen-bond donors (Lipinski definition) is 2. The van der Waals surface area contributed by atoms with Crippen molar-refractivity contribution in [2.75, 3.05) is 20.8 Å². The van der Waals surface area contributed by atoms with E-state index in [0.29, 0.717) is 17.2 Å². The van der Waals surface area contributed by atoms with Crippen molar-refractivity contribution in [3.05, 3.63) is 18.2 Å². The Labute approximate surface area is 125 Å². The van der Waals surface area contributed by atoms with E-state index in [2.05, 4.69) is 5.32 Å². The Kier molecular flexibility index (Phi) is 5.84. The molecule has 1 atom stereocenters. The number of rotatable bonds is 8. The normalized spacial score (nSPS) is 13.6.